The van der Waals surface area contributed by atoms with Crippen molar-refractivity contribution in [1.29, 1.82) is 0 Å². The molecule has 2 aromatic carbocycles. The second-order valence-electron chi connectivity index (χ2n) is 4.18. The SMILES string of the molecule is COc1ccc(Cl)cc1C(O)c1ccccc1C(=O)O. The molecule has 104 valence electrons. The number of ether oxygens (including phenoxy) is 1. The van der Waals surface area contributed by atoms with Gasteiger partial charge in [-0.25, -0.2) is 4.79 Å². The van der Waals surface area contributed by atoms with E-state index in [1.165, 1.54) is 13.2 Å². The molecule has 0 saturated heterocycles. The lowest BCUT2D eigenvalue weighted by Crippen LogP contribution is -2.09. The highest BCUT2D eigenvalue weighted by atomic mass is 35.5. The third kappa shape index (κ3) is 2.76. The highest BCUT2D eigenvalue weighted by Gasteiger charge is 2.21. The minimum Gasteiger partial charge on any atom is -0.496 e. The number of halogens is 1. The van der Waals surface area contributed by atoms with E-state index in [9.17, 15) is 15.0 Å². The molecule has 4 nitrogen and oxygen atoms in total. The summed E-state index contributed by atoms with van der Waals surface area (Å²) in [5, 5.41) is 20.1. The van der Waals surface area contributed by atoms with Gasteiger partial charge in [-0.05, 0) is 29.8 Å². The summed E-state index contributed by atoms with van der Waals surface area (Å²) >= 11 is 5.92. The number of aliphatic hydroxyl groups is 1. The fourth-order valence-corrected chi connectivity index (χ4v) is 2.20. The van der Waals surface area contributed by atoms with Gasteiger partial charge in [0.15, 0.2) is 0 Å². The largest absolute Gasteiger partial charge is 0.496 e. The van der Waals surface area contributed by atoms with E-state index in [1.54, 1.807) is 36.4 Å². The van der Waals surface area contributed by atoms with Crippen molar-refractivity contribution in [3.05, 3.63) is 64.2 Å². The minimum absolute atomic E-state index is 0.0435. The van der Waals surface area contributed by atoms with Crippen LogP contribution < -0.4 is 4.74 Å². The van der Waals surface area contributed by atoms with E-state index >= 15 is 0 Å². The molecule has 2 aromatic rings. The van der Waals surface area contributed by atoms with Crippen LogP contribution in [0.15, 0.2) is 42.5 Å². The number of hydrogen-bond acceptors (Lipinski definition) is 3. The third-order valence-electron chi connectivity index (χ3n) is 2.97. The van der Waals surface area contributed by atoms with Gasteiger partial charge < -0.3 is 14.9 Å². The molecule has 0 aliphatic rings. The molecule has 5 heteroatoms. The zero-order valence-corrected chi connectivity index (χ0v) is 11.5. The lowest BCUT2D eigenvalue weighted by Gasteiger charge is -2.17. The second-order valence-corrected chi connectivity index (χ2v) is 4.62. The Balaban J connectivity index is 2.54. The topological polar surface area (TPSA) is 66.8 Å². The smallest absolute Gasteiger partial charge is 0.336 e. The second kappa shape index (κ2) is 5.94. The number of rotatable bonds is 4. The Morgan fingerprint density at radius 2 is 1.90 bits per heavy atom. The molecule has 0 bridgehead atoms. The van der Waals surface area contributed by atoms with Crippen molar-refractivity contribution < 1.29 is 19.7 Å². The van der Waals surface area contributed by atoms with Crippen molar-refractivity contribution in [2.45, 2.75) is 6.10 Å². The molecule has 0 saturated carbocycles. The molecule has 0 fully saturated rings. The summed E-state index contributed by atoms with van der Waals surface area (Å²) in [6, 6.07) is 11.1. The number of hydrogen-bond donors (Lipinski definition) is 2. The van der Waals surface area contributed by atoms with E-state index in [1.807, 2.05) is 0 Å². The number of methoxy groups -OCH3 is 1. The van der Waals surface area contributed by atoms with Crippen molar-refractivity contribution in [1.82, 2.24) is 0 Å². The minimum atomic E-state index is -1.13. The number of aliphatic hydroxyl groups excluding tert-OH is 1. The maximum atomic E-state index is 11.2. The van der Waals surface area contributed by atoms with Crippen molar-refractivity contribution in [2.75, 3.05) is 7.11 Å². The first-order valence-corrected chi connectivity index (χ1v) is 6.26. The standard InChI is InChI=1S/C15H13ClO4/c1-20-13-7-6-9(16)8-12(13)14(17)10-4-2-3-5-11(10)15(18)19/h2-8,14,17H,1H3,(H,18,19). The van der Waals surface area contributed by atoms with Crippen LogP contribution in [0.1, 0.15) is 27.6 Å². The number of aromatic carboxylic acids is 1. The quantitative estimate of drug-likeness (QED) is 0.908. The van der Waals surface area contributed by atoms with E-state index in [0.717, 1.165) is 0 Å². The van der Waals surface area contributed by atoms with Crippen molar-refractivity contribution in [3.8, 4) is 5.75 Å². The van der Waals surface area contributed by atoms with Crippen LogP contribution in [0, 0.1) is 0 Å². The molecule has 2 rings (SSSR count). The first-order valence-electron chi connectivity index (χ1n) is 5.88. The van der Waals surface area contributed by atoms with Gasteiger partial charge in [-0.3, -0.25) is 0 Å². The highest BCUT2D eigenvalue weighted by molar-refractivity contribution is 6.30. The van der Waals surface area contributed by atoms with E-state index in [-0.39, 0.29) is 5.56 Å². The first-order chi connectivity index (χ1) is 9.54. The van der Waals surface area contributed by atoms with Crippen LogP contribution in [0.4, 0.5) is 0 Å². The van der Waals surface area contributed by atoms with E-state index in [4.69, 9.17) is 16.3 Å². The number of benzene rings is 2. The molecule has 0 aromatic heterocycles. The number of carboxylic acid groups (broad SMARTS) is 1. The number of carboxylic acids is 1. The summed E-state index contributed by atoms with van der Waals surface area (Å²) in [4.78, 5) is 11.2. The summed E-state index contributed by atoms with van der Waals surface area (Å²) in [5.41, 5.74) is 0.760. The molecular formula is C15H13ClO4. The van der Waals surface area contributed by atoms with Crippen LogP contribution in [0.25, 0.3) is 0 Å². The Labute approximate surface area is 121 Å². The van der Waals surface area contributed by atoms with E-state index < -0.39 is 12.1 Å². The molecule has 20 heavy (non-hydrogen) atoms. The van der Waals surface area contributed by atoms with Crippen molar-refractivity contribution in [2.24, 2.45) is 0 Å². The maximum Gasteiger partial charge on any atom is 0.336 e. The fourth-order valence-electron chi connectivity index (χ4n) is 2.02. The first kappa shape index (κ1) is 14.4. The predicted molar refractivity (Wildman–Crippen MR) is 75.5 cm³/mol. The predicted octanol–water partition coefficient (Wildman–Crippen LogP) is 3.13. The monoisotopic (exact) mass is 292 g/mol. The zero-order valence-electron chi connectivity index (χ0n) is 10.7. The highest BCUT2D eigenvalue weighted by Crippen LogP contribution is 2.33. The summed E-state index contributed by atoms with van der Waals surface area (Å²) < 4.78 is 5.18. The van der Waals surface area contributed by atoms with Crippen LogP contribution in [-0.4, -0.2) is 23.3 Å². The molecule has 0 aliphatic heterocycles. The van der Waals surface area contributed by atoms with Gasteiger partial charge in [0, 0.05) is 10.6 Å². The summed E-state index contributed by atoms with van der Waals surface area (Å²) in [6.07, 6.45) is -1.13. The normalized spacial score (nSPS) is 11.9. The van der Waals surface area contributed by atoms with Gasteiger partial charge in [-0.2, -0.15) is 0 Å². The lowest BCUT2D eigenvalue weighted by molar-refractivity contribution is 0.0691. The van der Waals surface area contributed by atoms with Crippen molar-refractivity contribution >= 4 is 17.6 Å². The van der Waals surface area contributed by atoms with Gasteiger partial charge in [-0.1, -0.05) is 29.8 Å². The summed E-state index contributed by atoms with van der Waals surface area (Å²) in [7, 11) is 1.47. The molecular weight excluding hydrogens is 280 g/mol. The lowest BCUT2D eigenvalue weighted by atomic mass is 9.96. The van der Waals surface area contributed by atoms with Gasteiger partial charge in [0.1, 0.15) is 11.9 Å². The summed E-state index contributed by atoms with van der Waals surface area (Å²) in [6.45, 7) is 0. The molecule has 0 spiro atoms. The Morgan fingerprint density at radius 1 is 1.20 bits per heavy atom. The van der Waals surface area contributed by atoms with Crippen LogP contribution >= 0.6 is 11.6 Å². The molecule has 0 heterocycles. The summed E-state index contributed by atoms with van der Waals surface area (Å²) in [5.74, 6) is -0.650. The maximum absolute atomic E-state index is 11.2. The molecule has 0 amide bonds. The van der Waals surface area contributed by atoms with Gasteiger partial charge >= 0.3 is 5.97 Å². The van der Waals surface area contributed by atoms with Gasteiger partial charge in [0.2, 0.25) is 0 Å². The molecule has 2 N–H and O–H groups in total. The Morgan fingerprint density at radius 3 is 2.55 bits per heavy atom. The van der Waals surface area contributed by atoms with Gasteiger partial charge in [0.05, 0.1) is 12.7 Å². The molecule has 1 atom stereocenters. The molecule has 0 radical (unpaired) electrons. The van der Waals surface area contributed by atoms with Crippen LogP contribution in [-0.2, 0) is 0 Å². The van der Waals surface area contributed by atoms with Crippen molar-refractivity contribution in [3.63, 3.8) is 0 Å². The van der Waals surface area contributed by atoms with Gasteiger partial charge in [-0.15, -0.1) is 0 Å². The Kier molecular flexibility index (Phi) is 4.27. The molecule has 1 unspecified atom stereocenters. The van der Waals surface area contributed by atoms with E-state index in [2.05, 4.69) is 0 Å². The van der Waals surface area contributed by atoms with Crippen LogP contribution in [0.3, 0.4) is 0 Å². The van der Waals surface area contributed by atoms with Crippen LogP contribution in [0.2, 0.25) is 5.02 Å². The number of carbonyl (C=O) groups is 1. The average Bonchev–Trinajstić information content (AvgIpc) is 2.46. The van der Waals surface area contributed by atoms with Gasteiger partial charge in [0.25, 0.3) is 0 Å². The molecule has 0 aliphatic carbocycles. The average molecular weight is 293 g/mol. The Bertz CT molecular complexity index is 640. The Hall–Kier alpha value is -2.04. The third-order valence-corrected chi connectivity index (χ3v) is 3.21. The zero-order chi connectivity index (χ0) is 14.7. The van der Waals surface area contributed by atoms with Crippen LogP contribution in [0.5, 0.6) is 5.75 Å². The fraction of sp³-hybridized carbons (Fsp3) is 0.133. The van der Waals surface area contributed by atoms with E-state index in [0.29, 0.717) is 21.9 Å².